The van der Waals surface area contributed by atoms with Crippen molar-refractivity contribution >= 4 is 21.5 Å². The number of hydrogen-bond acceptors (Lipinski definition) is 2. The van der Waals surface area contributed by atoms with Gasteiger partial charge < -0.3 is 5.32 Å². The summed E-state index contributed by atoms with van der Waals surface area (Å²) in [5.74, 6) is 0.287. The first-order valence-corrected chi connectivity index (χ1v) is 9.69. The monoisotopic (exact) mass is 364 g/mol. The first-order chi connectivity index (χ1) is 12.4. The van der Waals surface area contributed by atoms with Gasteiger partial charge in [0.05, 0.1) is 4.90 Å². The van der Waals surface area contributed by atoms with Gasteiger partial charge in [0.2, 0.25) is 0 Å². The first-order valence-electron chi connectivity index (χ1n) is 8.25. The van der Waals surface area contributed by atoms with Gasteiger partial charge in [0.1, 0.15) is 0 Å². The fourth-order valence-corrected chi connectivity index (χ4v) is 3.38. The summed E-state index contributed by atoms with van der Waals surface area (Å²) in [4.78, 5) is 0.169. The molecule has 0 aliphatic rings. The number of rotatable bonds is 4. The maximum Gasteiger partial charge on any atom is 0.284 e. The average molecular weight is 364 g/mol. The summed E-state index contributed by atoms with van der Waals surface area (Å²) in [5.41, 5.74) is 3.59. The van der Waals surface area contributed by atoms with Gasteiger partial charge in [-0.05, 0) is 38.1 Å². The van der Waals surface area contributed by atoms with Crippen LogP contribution in [0.4, 0.5) is 5.69 Å². The Hall–Kier alpha value is -2.92. The predicted octanol–water partition coefficient (Wildman–Crippen LogP) is 4.55. The Morgan fingerprint density at radius 3 is 1.88 bits per heavy atom. The quantitative estimate of drug-likeness (QED) is 0.546. The minimum atomic E-state index is -3.83. The van der Waals surface area contributed by atoms with Crippen molar-refractivity contribution in [3.8, 4) is 0 Å². The first kappa shape index (κ1) is 17.9. The number of anilines is 1. The summed E-state index contributed by atoms with van der Waals surface area (Å²) in [6, 6.07) is 23.6. The van der Waals surface area contributed by atoms with Gasteiger partial charge in [0, 0.05) is 11.3 Å². The van der Waals surface area contributed by atoms with Gasteiger partial charge in [-0.25, -0.2) is 0 Å². The Bertz CT molecular complexity index is 1010. The SMILES string of the molecule is Cc1ccc(N/C(=N\S(=O)(=O)c2ccc(C)cc2)c2ccccc2)cc1. The molecule has 0 saturated carbocycles. The van der Waals surface area contributed by atoms with Crippen LogP contribution >= 0.6 is 0 Å². The van der Waals surface area contributed by atoms with Crippen molar-refractivity contribution < 1.29 is 8.42 Å². The zero-order valence-electron chi connectivity index (χ0n) is 14.7. The largest absolute Gasteiger partial charge is 0.339 e. The minimum Gasteiger partial charge on any atom is -0.339 e. The molecule has 0 amide bonds. The van der Waals surface area contributed by atoms with Crippen molar-refractivity contribution in [1.29, 1.82) is 0 Å². The highest BCUT2D eigenvalue weighted by atomic mass is 32.2. The molecule has 0 aliphatic heterocycles. The van der Waals surface area contributed by atoms with Gasteiger partial charge in [-0.1, -0.05) is 65.7 Å². The molecular weight excluding hydrogens is 344 g/mol. The standard InChI is InChI=1S/C21H20N2O2S/c1-16-8-12-19(13-9-16)22-21(18-6-4-3-5-7-18)23-26(24,25)20-14-10-17(2)11-15-20/h3-15H,1-2H3,(H,22,23). The summed E-state index contributed by atoms with van der Waals surface area (Å²) >= 11 is 0. The highest BCUT2D eigenvalue weighted by molar-refractivity contribution is 7.90. The molecule has 3 aromatic rings. The zero-order chi connectivity index (χ0) is 18.6. The second kappa shape index (κ2) is 7.54. The molecule has 5 heteroatoms. The number of benzene rings is 3. The van der Waals surface area contributed by atoms with E-state index in [2.05, 4.69) is 9.71 Å². The van der Waals surface area contributed by atoms with E-state index in [4.69, 9.17) is 0 Å². The van der Waals surface area contributed by atoms with Crippen molar-refractivity contribution in [2.45, 2.75) is 18.7 Å². The van der Waals surface area contributed by atoms with Crippen molar-refractivity contribution in [3.05, 3.63) is 95.6 Å². The highest BCUT2D eigenvalue weighted by Crippen LogP contribution is 2.17. The molecule has 0 saturated heterocycles. The number of aryl methyl sites for hydroxylation is 2. The summed E-state index contributed by atoms with van der Waals surface area (Å²) < 4.78 is 29.6. The number of hydrogen-bond donors (Lipinski definition) is 1. The molecule has 3 rings (SSSR count). The molecule has 0 aliphatic carbocycles. The van der Waals surface area contributed by atoms with Gasteiger partial charge in [0.25, 0.3) is 10.0 Å². The van der Waals surface area contributed by atoms with Gasteiger partial charge in [-0.2, -0.15) is 8.42 Å². The van der Waals surface area contributed by atoms with Crippen LogP contribution < -0.4 is 5.32 Å². The molecule has 0 atom stereocenters. The number of sulfonamides is 1. The van der Waals surface area contributed by atoms with Crippen LogP contribution in [0.2, 0.25) is 0 Å². The van der Waals surface area contributed by atoms with E-state index < -0.39 is 10.0 Å². The maximum atomic E-state index is 12.7. The van der Waals surface area contributed by atoms with E-state index in [1.165, 1.54) is 0 Å². The van der Waals surface area contributed by atoms with Gasteiger partial charge in [0.15, 0.2) is 5.84 Å². The molecule has 0 spiro atoms. The molecule has 26 heavy (non-hydrogen) atoms. The molecule has 0 aromatic heterocycles. The van der Waals surface area contributed by atoms with E-state index >= 15 is 0 Å². The highest BCUT2D eigenvalue weighted by Gasteiger charge is 2.15. The molecular formula is C21H20N2O2S. The summed E-state index contributed by atoms with van der Waals surface area (Å²) in [5, 5.41) is 3.13. The van der Waals surface area contributed by atoms with E-state index in [1.807, 2.05) is 68.4 Å². The Labute approximate surface area is 154 Å². The summed E-state index contributed by atoms with van der Waals surface area (Å²) in [6.45, 7) is 3.91. The van der Waals surface area contributed by atoms with Gasteiger partial charge in [-0.15, -0.1) is 4.40 Å². The van der Waals surface area contributed by atoms with E-state index in [0.717, 1.165) is 16.8 Å². The Balaban J connectivity index is 2.03. The Kier molecular flexibility index (Phi) is 5.19. The van der Waals surface area contributed by atoms with Crippen molar-refractivity contribution in [2.75, 3.05) is 5.32 Å². The van der Waals surface area contributed by atoms with Crippen LogP contribution in [0.5, 0.6) is 0 Å². The lowest BCUT2D eigenvalue weighted by atomic mass is 10.2. The topological polar surface area (TPSA) is 58.5 Å². The minimum absolute atomic E-state index is 0.169. The predicted molar refractivity (Wildman–Crippen MR) is 106 cm³/mol. The maximum absolute atomic E-state index is 12.7. The van der Waals surface area contributed by atoms with Crippen LogP contribution in [-0.2, 0) is 10.0 Å². The van der Waals surface area contributed by atoms with E-state index in [0.29, 0.717) is 5.56 Å². The Morgan fingerprint density at radius 1 is 0.769 bits per heavy atom. The van der Waals surface area contributed by atoms with Gasteiger partial charge in [-0.3, -0.25) is 0 Å². The smallest absolute Gasteiger partial charge is 0.284 e. The zero-order valence-corrected chi connectivity index (χ0v) is 15.5. The molecule has 3 aromatic carbocycles. The summed E-state index contributed by atoms with van der Waals surface area (Å²) in [6.07, 6.45) is 0. The average Bonchev–Trinajstić information content (AvgIpc) is 2.64. The molecule has 0 bridgehead atoms. The van der Waals surface area contributed by atoms with Gasteiger partial charge >= 0.3 is 0 Å². The van der Waals surface area contributed by atoms with Crippen LogP contribution in [0.15, 0.2) is 88.2 Å². The Morgan fingerprint density at radius 2 is 1.31 bits per heavy atom. The lowest BCUT2D eigenvalue weighted by Crippen LogP contribution is -2.16. The molecule has 0 radical (unpaired) electrons. The third-order valence-corrected chi connectivity index (χ3v) is 5.18. The lowest BCUT2D eigenvalue weighted by Gasteiger charge is -2.11. The van der Waals surface area contributed by atoms with Crippen LogP contribution in [0.3, 0.4) is 0 Å². The fraction of sp³-hybridized carbons (Fsp3) is 0.0952. The number of nitrogens with zero attached hydrogens (tertiary/aromatic N) is 1. The van der Waals surface area contributed by atoms with E-state index in [1.54, 1.807) is 24.3 Å². The lowest BCUT2D eigenvalue weighted by molar-refractivity contribution is 0.598. The summed E-state index contributed by atoms with van der Waals surface area (Å²) in [7, 11) is -3.83. The molecule has 1 N–H and O–H groups in total. The molecule has 4 nitrogen and oxygen atoms in total. The van der Waals surface area contributed by atoms with Crippen molar-refractivity contribution in [1.82, 2.24) is 0 Å². The van der Waals surface area contributed by atoms with Crippen molar-refractivity contribution in [2.24, 2.45) is 4.40 Å². The second-order valence-corrected chi connectivity index (χ2v) is 7.69. The van der Waals surface area contributed by atoms with E-state index in [9.17, 15) is 8.42 Å². The van der Waals surface area contributed by atoms with Crippen LogP contribution in [0.25, 0.3) is 0 Å². The molecule has 0 fully saturated rings. The molecule has 132 valence electrons. The fourth-order valence-electron chi connectivity index (χ4n) is 2.40. The van der Waals surface area contributed by atoms with Crippen molar-refractivity contribution in [3.63, 3.8) is 0 Å². The number of nitrogens with one attached hydrogen (secondary N) is 1. The van der Waals surface area contributed by atoms with Crippen LogP contribution in [-0.4, -0.2) is 14.3 Å². The third kappa shape index (κ3) is 4.37. The normalized spacial score (nSPS) is 12.0. The van der Waals surface area contributed by atoms with Crippen LogP contribution in [0.1, 0.15) is 16.7 Å². The third-order valence-electron chi connectivity index (χ3n) is 3.89. The second-order valence-electron chi connectivity index (χ2n) is 6.09. The molecule has 0 unspecified atom stereocenters. The van der Waals surface area contributed by atoms with E-state index in [-0.39, 0.29) is 10.7 Å². The number of amidine groups is 1. The van der Waals surface area contributed by atoms with Crippen LogP contribution in [0, 0.1) is 13.8 Å². The molecule has 0 heterocycles.